The predicted octanol–water partition coefficient (Wildman–Crippen LogP) is 3.58. The van der Waals surface area contributed by atoms with Crippen LogP contribution in [-0.2, 0) is 6.54 Å². The first-order valence-corrected chi connectivity index (χ1v) is 9.90. The number of para-hydroxylation sites is 1. The second-order valence-electron chi connectivity index (χ2n) is 7.31. The Morgan fingerprint density at radius 3 is 2.84 bits per heavy atom. The lowest BCUT2D eigenvalue weighted by molar-refractivity contribution is -0.920. The van der Waals surface area contributed by atoms with Gasteiger partial charge in [0.2, 0.25) is 0 Å². The zero-order valence-electron chi connectivity index (χ0n) is 14.9. The van der Waals surface area contributed by atoms with Crippen molar-refractivity contribution in [2.45, 2.75) is 39.2 Å². The molecule has 1 aliphatic rings. The van der Waals surface area contributed by atoms with Crippen molar-refractivity contribution < 1.29 is 10.0 Å². The zero-order chi connectivity index (χ0) is 17.4. The van der Waals surface area contributed by atoms with E-state index in [0.29, 0.717) is 11.7 Å². The van der Waals surface area contributed by atoms with E-state index < -0.39 is 0 Å². The highest BCUT2D eigenvalue weighted by Gasteiger charge is 2.27. The van der Waals surface area contributed by atoms with Gasteiger partial charge in [-0.15, -0.1) is 11.3 Å². The Morgan fingerprint density at radius 1 is 1.20 bits per heavy atom. The maximum Gasteiger partial charge on any atom is 0.124 e. The normalized spacial score (nSPS) is 20.9. The number of thiazole rings is 1. The average Bonchev–Trinajstić information content (AvgIpc) is 3.04. The highest BCUT2D eigenvalue weighted by atomic mass is 32.1. The van der Waals surface area contributed by atoms with Crippen molar-refractivity contribution in [2.24, 2.45) is 0 Å². The second-order valence-corrected chi connectivity index (χ2v) is 8.37. The molecule has 0 bridgehead atoms. The summed E-state index contributed by atoms with van der Waals surface area (Å²) in [5.74, 6) is 0.979. The number of likely N-dealkylation sites (tertiary alicyclic amines) is 1. The molecule has 2 aromatic carbocycles. The maximum atomic E-state index is 10.3. The van der Waals surface area contributed by atoms with E-state index >= 15 is 0 Å². The molecule has 3 nitrogen and oxygen atoms in total. The van der Waals surface area contributed by atoms with Crippen LogP contribution in [0.15, 0.2) is 36.4 Å². The van der Waals surface area contributed by atoms with Crippen LogP contribution in [0.3, 0.4) is 0 Å². The first-order valence-electron chi connectivity index (χ1n) is 9.08. The van der Waals surface area contributed by atoms with Crippen LogP contribution in [0.4, 0.5) is 0 Å². The number of phenols is 1. The van der Waals surface area contributed by atoms with Gasteiger partial charge >= 0.3 is 0 Å². The second kappa shape index (κ2) is 6.77. The predicted molar refractivity (Wildman–Crippen MR) is 104 cm³/mol. The molecular weight excluding hydrogens is 328 g/mol. The number of aromatic nitrogens is 1. The molecule has 2 heterocycles. The molecule has 4 heteroatoms. The standard InChI is InChI=1S/C21H24N2OS/c1-14-10-17(19(24)11-15(14)2)13-23-9-5-6-16(12-23)21-22-18-7-3-4-8-20(18)25-21/h3-4,7-8,10-11,16,24H,5-6,9,12-13H2,1-2H3/p+1/t16-/m1/s1. The number of rotatable bonds is 3. The first kappa shape index (κ1) is 16.6. The fourth-order valence-electron chi connectivity index (χ4n) is 3.86. The van der Waals surface area contributed by atoms with Crippen molar-refractivity contribution in [1.29, 1.82) is 0 Å². The summed E-state index contributed by atoms with van der Waals surface area (Å²) in [6.45, 7) is 7.35. The van der Waals surface area contributed by atoms with E-state index in [4.69, 9.17) is 4.98 Å². The third kappa shape index (κ3) is 3.42. The summed E-state index contributed by atoms with van der Waals surface area (Å²) >= 11 is 1.85. The maximum absolute atomic E-state index is 10.3. The van der Waals surface area contributed by atoms with E-state index in [9.17, 15) is 5.11 Å². The molecule has 2 atom stereocenters. The molecule has 0 aliphatic carbocycles. The van der Waals surface area contributed by atoms with Gasteiger partial charge in [0.1, 0.15) is 17.3 Å². The van der Waals surface area contributed by atoms with Gasteiger partial charge < -0.3 is 10.0 Å². The molecule has 130 valence electrons. The lowest BCUT2D eigenvalue weighted by atomic mass is 9.97. The van der Waals surface area contributed by atoms with E-state index in [1.165, 1.54) is 34.7 Å². The Morgan fingerprint density at radius 2 is 2.00 bits per heavy atom. The molecule has 1 fully saturated rings. The summed E-state index contributed by atoms with van der Waals surface area (Å²) in [5.41, 5.74) is 4.61. The fourth-order valence-corrected chi connectivity index (χ4v) is 4.96. The Balaban J connectivity index is 1.52. The van der Waals surface area contributed by atoms with Gasteiger partial charge in [-0.3, -0.25) is 0 Å². The highest BCUT2D eigenvalue weighted by Crippen LogP contribution is 2.30. The number of benzene rings is 2. The molecule has 0 saturated carbocycles. The molecule has 4 rings (SSSR count). The minimum Gasteiger partial charge on any atom is -0.507 e. The van der Waals surface area contributed by atoms with Crippen molar-refractivity contribution in [1.82, 2.24) is 4.98 Å². The summed E-state index contributed by atoms with van der Waals surface area (Å²) in [4.78, 5) is 6.43. The Bertz CT molecular complexity index is 869. The van der Waals surface area contributed by atoms with E-state index in [2.05, 4.69) is 44.2 Å². The minimum absolute atomic E-state index is 0.442. The van der Waals surface area contributed by atoms with Gasteiger partial charge in [-0.1, -0.05) is 12.1 Å². The van der Waals surface area contributed by atoms with Gasteiger partial charge in [-0.2, -0.15) is 0 Å². The molecule has 1 saturated heterocycles. The molecule has 2 N–H and O–H groups in total. The number of aromatic hydroxyl groups is 1. The van der Waals surface area contributed by atoms with E-state index in [-0.39, 0.29) is 0 Å². The summed E-state index contributed by atoms with van der Waals surface area (Å²) in [5, 5.41) is 11.6. The first-order chi connectivity index (χ1) is 12.1. The number of nitrogens with one attached hydrogen (secondary N) is 1. The van der Waals surface area contributed by atoms with E-state index in [0.717, 1.165) is 29.7 Å². The summed E-state index contributed by atoms with van der Waals surface area (Å²) < 4.78 is 1.29. The summed E-state index contributed by atoms with van der Waals surface area (Å²) in [6, 6.07) is 12.5. The number of hydrogen-bond acceptors (Lipinski definition) is 3. The fraction of sp³-hybridized carbons (Fsp3) is 0.381. The number of aryl methyl sites for hydroxylation is 2. The molecule has 0 spiro atoms. The Hall–Kier alpha value is -1.91. The lowest BCUT2D eigenvalue weighted by Gasteiger charge is -2.29. The lowest BCUT2D eigenvalue weighted by Crippen LogP contribution is -3.12. The van der Waals surface area contributed by atoms with Crippen molar-refractivity contribution in [3.8, 4) is 5.75 Å². The summed E-state index contributed by atoms with van der Waals surface area (Å²) in [6.07, 6.45) is 2.45. The average molecular weight is 354 g/mol. The molecule has 25 heavy (non-hydrogen) atoms. The molecule has 3 aromatic rings. The number of fused-ring (bicyclic) bond motifs is 1. The molecule has 0 radical (unpaired) electrons. The van der Waals surface area contributed by atoms with Gasteiger partial charge in [0, 0.05) is 5.56 Å². The van der Waals surface area contributed by atoms with Gasteiger partial charge in [0.15, 0.2) is 0 Å². The van der Waals surface area contributed by atoms with Crippen LogP contribution in [0.2, 0.25) is 0 Å². The van der Waals surface area contributed by atoms with Crippen molar-refractivity contribution in [3.63, 3.8) is 0 Å². The zero-order valence-corrected chi connectivity index (χ0v) is 15.7. The molecular formula is C21H25N2OS+. The highest BCUT2D eigenvalue weighted by molar-refractivity contribution is 7.18. The number of piperidine rings is 1. The van der Waals surface area contributed by atoms with E-state index in [1.54, 1.807) is 4.90 Å². The summed E-state index contributed by atoms with van der Waals surface area (Å²) in [7, 11) is 0. The quantitative estimate of drug-likeness (QED) is 0.755. The van der Waals surface area contributed by atoms with Crippen LogP contribution >= 0.6 is 11.3 Å². The van der Waals surface area contributed by atoms with Crippen LogP contribution in [0.5, 0.6) is 5.75 Å². The molecule has 0 amide bonds. The number of nitrogens with zero attached hydrogens (tertiary/aromatic N) is 1. The van der Waals surface area contributed by atoms with Gasteiger partial charge in [0.25, 0.3) is 0 Å². The number of hydrogen-bond donors (Lipinski definition) is 2. The van der Waals surface area contributed by atoms with Crippen LogP contribution < -0.4 is 4.90 Å². The Kier molecular flexibility index (Phi) is 4.48. The van der Waals surface area contributed by atoms with Gasteiger partial charge in [0.05, 0.1) is 29.2 Å². The molecule has 1 aromatic heterocycles. The minimum atomic E-state index is 0.442. The molecule has 1 unspecified atom stereocenters. The third-order valence-corrected chi connectivity index (χ3v) is 6.61. The van der Waals surface area contributed by atoms with Crippen LogP contribution in [-0.4, -0.2) is 23.2 Å². The Labute approximate surface area is 152 Å². The van der Waals surface area contributed by atoms with Crippen molar-refractivity contribution >= 4 is 21.6 Å². The van der Waals surface area contributed by atoms with Crippen molar-refractivity contribution in [2.75, 3.05) is 13.1 Å². The van der Waals surface area contributed by atoms with Crippen molar-refractivity contribution in [3.05, 3.63) is 58.1 Å². The van der Waals surface area contributed by atoms with Crippen LogP contribution in [0, 0.1) is 13.8 Å². The monoisotopic (exact) mass is 353 g/mol. The van der Waals surface area contributed by atoms with E-state index in [1.807, 2.05) is 17.4 Å². The largest absolute Gasteiger partial charge is 0.507 e. The van der Waals surface area contributed by atoms with Gasteiger partial charge in [-0.05, 0) is 62.1 Å². The topological polar surface area (TPSA) is 37.6 Å². The smallest absolute Gasteiger partial charge is 0.124 e. The van der Waals surface area contributed by atoms with Crippen LogP contribution in [0.25, 0.3) is 10.2 Å². The van der Waals surface area contributed by atoms with Gasteiger partial charge in [-0.25, -0.2) is 4.98 Å². The van der Waals surface area contributed by atoms with Crippen LogP contribution in [0.1, 0.15) is 40.5 Å². The number of quaternary nitrogens is 1. The molecule has 1 aliphatic heterocycles. The third-order valence-electron chi connectivity index (χ3n) is 5.41. The SMILES string of the molecule is Cc1cc(O)c(C[NH+]2CCC[C@@H](c3nc4ccccc4s3)C2)cc1C. The number of phenolic OH excluding ortho intramolecular Hbond substituents is 1.